The van der Waals surface area contributed by atoms with E-state index in [4.69, 9.17) is 0 Å². The smallest absolute Gasteiger partial charge is 0.167 e. The van der Waals surface area contributed by atoms with Crippen molar-refractivity contribution in [3.63, 3.8) is 0 Å². The molecule has 0 unspecified atom stereocenters. The number of carbonyl (C=O) groups excluding carboxylic acids is 1. The maximum absolute atomic E-state index is 12.7. The summed E-state index contributed by atoms with van der Waals surface area (Å²) < 4.78 is 13.6. The van der Waals surface area contributed by atoms with Crippen molar-refractivity contribution >= 4 is 21.7 Å². The van der Waals surface area contributed by atoms with Gasteiger partial charge in [-0.25, -0.2) is 4.39 Å². The van der Waals surface area contributed by atoms with Gasteiger partial charge in [0, 0.05) is 16.5 Å². The SMILES string of the molecule is O=C(Cc1ccc(F)cc1)c1ccc(Br)cc1. The fraction of sp³-hybridized carbons (Fsp3) is 0.0714. The Hall–Kier alpha value is -1.48. The van der Waals surface area contributed by atoms with E-state index < -0.39 is 0 Å². The van der Waals surface area contributed by atoms with E-state index in [1.165, 1.54) is 12.1 Å². The number of ketones is 1. The van der Waals surface area contributed by atoms with Gasteiger partial charge in [0.2, 0.25) is 0 Å². The summed E-state index contributed by atoms with van der Waals surface area (Å²) in [4.78, 5) is 11.9. The van der Waals surface area contributed by atoms with Gasteiger partial charge in [0.15, 0.2) is 5.78 Å². The van der Waals surface area contributed by atoms with E-state index in [1.807, 2.05) is 12.1 Å². The summed E-state index contributed by atoms with van der Waals surface area (Å²) >= 11 is 3.32. The topological polar surface area (TPSA) is 17.1 Å². The van der Waals surface area contributed by atoms with Crippen molar-refractivity contribution < 1.29 is 9.18 Å². The molecule has 1 nitrogen and oxygen atoms in total. The van der Waals surface area contributed by atoms with Crippen molar-refractivity contribution in [3.8, 4) is 0 Å². The quantitative estimate of drug-likeness (QED) is 0.781. The Balaban J connectivity index is 2.11. The van der Waals surface area contributed by atoms with Crippen LogP contribution in [0.1, 0.15) is 15.9 Å². The molecule has 0 fully saturated rings. The zero-order valence-electron chi connectivity index (χ0n) is 8.99. The molecule has 0 aliphatic heterocycles. The van der Waals surface area contributed by atoms with Gasteiger partial charge in [0.25, 0.3) is 0 Å². The molecule has 2 aromatic rings. The lowest BCUT2D eigenvalue weighted by Gasteiger charge is -2.01. The molecule has 2 aromatic carbocycles. The molecule has 2 rings (SSSR count). The van der Waals surface area contributed by atoms with E-state index in [9.17, 15) is 9.18 Å². The first-order valence-electron chi connectivity index (χ1n) is 5.18. The summed E-state index contributed by atoms with van der Waals surface area (Å²) in [5.41, 5.74) is 1.48. The summed E-state index contributed by atoms with van der Waals surface area (Å²) in [6.07, 6.45) is 0.294. The minimum Gasteiger partial charge on any atom is -0.294 e. The van der Waals surface area contributed by atoms with E-state index in [1.54, 1.807) is 24.3 Å². The average Bonchev–Trinajstić information content (AvgIpc) is 2.33. The van der Waals surface area contributed by atoms with Gasteiger partial charge >= 0.3 is 0 Å². The van der Waals surface area contributed by atoms with Crippen LogP contribution in [0.5, 0.6) is 0 Å². The zero-order chi connectivity index (χ0) is 12.3. The largest absolute Gasteiger partial charge is 0.294 e. The van der Waals surface area contributed by atoms with E-state index in [2.05, 4.69) is 15.9 Å². The fourth-order valence-electron chi connectivity index (χ4n) is 1.53. The number of Topliss-reactive ketones (excluding diaryl/α,β-unsaturated/α-hetero) is 1. The maximum atomic E-state index is 12.7. The lowest BCUT2D eigenvalue weighted by molar-refractivity contribution is 0.0993. The minimum absolute atomic E-state index is 0.0316. The summed E-state index contributed by atoms with van der Waals surface area (Å²) in [5.74, 6) is -0.256. The van der Waals surface area contributed by atoms with Crippen LogP contribution in [0.15, 0.2) is 53.0 Å². The Labute approximate surface area is 107 Å². The normalized spacial score (nSPS) is 10.2. The fourth-order valence-corrected chi connectivity index (χ4v) is 1.79. The highest BCUT2D eigenvalue weighted by atomic mass is 79.9. The Morgan fingerprint density at radius 2 is 1.59 bits per heavy atom. The Morgan fingerprint density at radius 3 is 2.18 bits per heavy atom. The van der Waals surface area contributed by atoms with Crippen LogP contribution in [0.25, 0.3) is 0 Å². The number of hydrogen-bond acceptors (Lipinski definition) is 1. The summed E-state index contributed by atoms with van der Waals surface area (Å²) in [7, 11) is 0. The third-order valence-electron chi connectivity index (χ3n) is 2.44. The van der Waals surface area contributed by atoms with E-state index in [0.717, 1.165) is 10.0 Å². The maximum Gasteiger partial charge on any atom is 0.167 e. The van der Waals surface area contributed by atoms with Crippen LogP contribution in [-0.4, -0.2) is 5.78 Å². The van der Waals surface area contributed by atoms with Crippen LogP contribution in [-0.2, 0) is 6.42 Å². The van der Waals surface area contributed by atoms with E-state index in [0.29, 0.717) is 12.0 Å². The van der Waals surface area contributed by atoms with Crippen LogP contribution in [0.2, 0.25) is 0 Å². The van der Waals surface area contributed by atoms with Gasteiger partial charge in [-0.05, 0) is 29.8 Å². The van der Waals surface area contributed by atoms with E-state index in [-0.39, 0.29) is 11.6 Å². The third-order valence-corrected chi connectivity index (χ3v) is 2.97. The molecule has 0 amide bonds. The van der Waals surface area contributed by atoms with Gasteiger partial charge in [0.05, 0.1) is 0 Å². The number of rotatable bonds is 3. The second-order valence-corrected chi connectivity index (χ2v) is 4.65. The second-order valence-electron chi connectivity index (χ2n) is 3.73. The molecule has 0 saturated carbocycles. The highest BCUT2D eigenvalue weighted by Crippen LogP contribution is 2.13. The lowest BCUT2D eigenvalue weighted by atomic mass is 10.0. The lowest BCUT2D eigenvalue weighted by Crippen LogP contribution is -2.03. The molecule has 0 atom stereocenters. The molecule has 0 spiro atoms. The second kappa shape index (κ2) is 5.23. The first-order valence-corrected chi connectivity index (χ1v) is 5.97. The van der Waals surface area contributed by atoms with Crippen molar-refractivity contribution in [2.24, 2.45) is 0 Å². The molecule has 0 aliphatic rings. The van der Waals surface area contributed by atoms with Crippen molar-refractivity contribution in [1.82, 2.24) is 0 Å². The van der Waals surface area contributed by atoms with Gasteiger partial charge in [-0.3, -0.25) is 4.79 Å². The first-order chi connectivity index (χ1) is 8.15. The first kappa shape index (κ1) is 12.0. The van der Waals surface area contributed by atoms with Crippen LogP contribution >= 0.6 is 15.9 Å². The van der Waals surface area contributed by atoms with Gasteiger partial charge < -0.3 is 0 Å². The summed E-state index contributed by atoms with van der Waals surface area (Å²) in [6, 6.07) is 13.2. The van der Waals surface area contributed by atoms with Crippen LogP contribution in [0.3, 0.4) is 0 Å². The van der Waals surface area contributed by atoms with Gasteiger partial charge in [-0.15, -0.1) is 0 Å². The number of benzene rings is 2. The predicted molar refractivity (Wildman–Crippen MR) is 68.6 cm³/mol. The van der Waals surface area contributed by atoms with Gasteiger partial charge in [-0.1, -0.05) is 40.2 Å². The zero-order valence-corrected chi connectivity index (χ0v) is 10.6. The van der Waals surface area contributed by atoms with Crippen molar-refractivity contribution in [2.45, 2.75) is 6.42 Å². The molecular weight excluding hydrogens is 283 g/mol. The molecule has 86 valence electrons. The molecule has 0 N–H and O–H groups in total. The molecule has 0 aliphatic carbocycles. The molecular formula is C14H10BrFO. The third kappa shape index (κ3) is 3.24. The van der Waals surface area contributed by atoms with Crippen molar-refractivity contribution in [1.29, 1.82) is 0 Å². The highest BCUT2D eigenvalue weighted by molar-refractivity contribution is 9.10. The summed E-state index contributed by atoms with van der Waals surface area (Å²) in [6.45, 7) is 0. The highest BCUT2D eigenvalue weighted by Gasteiger charge is 2.06. The van der Waals surface area contributed by atoms with Crippen LogP contribution in [0.4, 0.5) is 4.39 Å². The van der Waals surface area contributed by atoms with Gasteiger partial charge in [-0.2, -0.15) is 0 Å². The molecule has 0 bridgehead atoms. The Kier molecular flexibility index (Phi) is 3.69. The Bertz CT molecular complexity index is 517. The standard InChI is InChI=1S/C14H10BrFO/c15-12-5-3-11(4-6-12)14(17)9-10-1-7-13(16)8-2-10/h1-8H,9H2. The molecule has 0 aromatic heterocycles. The van der Waals surface area contributed by atoms with Crippen LogP contribution < -0.4 is 0 Å². The van der Waals surface area contributed by atoms with Crippen molar-refractivity contribution in [2.75, 3.05) is 0 Å². The monoisotopic (exact) mass is 292 g/mol. The molecule has 17 heavy (non-hydrogen) atoms. The molecule has 3 heteroatoms. The number of halogens is 2. The number of carbonyl (C=O) groups is 1. The Morgan fingerprint density at radius 1 is 1.00 bits per heavy atom. The number of hydrogen-bond donors (Lipinski definition) is 0. The van der Waals surface area contributed by atoms with Gasteiger partial charge in [0.1, 0.15) is 5.82 Å². The predicted octanol–water partition coefficient (Wildman–Crippen LogP) is 4.01. The van der Waals surface area contributed by atoms with E-state index >= 15 is 0 Å². The minimum atomic E-state index is -0.287. The van der Waals surface area contributed by atoms with Crippen LogP contribution in [0, 0.1) is 5.82 Å². The average molecular weight is 293 g/mol. The van der Waals surface area contributed by atoms with Crippen molar-refractivity contribution in [3.05, 3.63) is 69.9 Å². The molecule has 0 heterocycles. The summed E-state index contributed by atoms with van der Waals surface area (Å²) in [5, 5.41) is 0. The molecule has 0 radical (unpaired) electrons. The molecule has 0 saturated heterocycles.